The van der Waals surface area contributed by atoms with Crippen molar-refractivity contribution in [3.8, 4) is 0 Å². The number of hydrogen-bond acceptors (Lipinski definition) is 4. The molecule has 1 amide bonds. The van der Waals surface area contributed by atoms with E-state index in [1.807, 2.05) is 24.8 Å². The number of hydrogen-bond donors (Lipinski definition) is 1. The lowest BCUT2D eigenvalue weighted by Crippen LogP contribution is -2.44. The standard InChI is InChI=1S/C21H30N2O4/c1-3-16-14(13-22-9-5-6-10-22)11-17(27-16)19(24)23-15-7-8-18(23)21(4-2,12-15)20(25)26/h11,15,18H,3-10,12-13H2,1-2H3,(H,25,26)/t15-,18+,21+/m0/s1. The van der Waals surface area contributed by atoms with E-state index < -0.39 is 11.4 Å². The largest absolute Gasteiger partial charge is 0.481 e. The Labute approximate surface area is 160 Å². The van der Waals surface area contributed by atoms with Crippen molar-refractivity contribution in [3.63, 3.8) is 0 Å². The van der Waals surface area contributed by atoms with Crippen molar-refractivity contribution in [2.24, 2.45) is 5.41 Å². The molecule has 3 aliphatic heterocycles. The molecular weight excluding hydrogens is 344 g/mol. The van der Waals surface area contributed by atoms with Crippen LogP contribution in [0.5, 0.6) is 0 Å². The summed E-state index contributed by atoms with van der Waals surface area (Å²) in [6.07, 6.45) is 6.03. The molecule has 0 aliphatic carbocycles. The number of aryl methyl sites for hydroxylation is 1. The highest BCUT2D eigenvalue weighted by atomic mass is 16.4. The number of likely N-dealkylation sites (tertiary alicyclic amines) is 1. The highest BCUT2D eigenvalue weighted by Gasteiger charge is 2.61. The molecule has 0 saturated carbocycles. The van der Waals surface area contributed by atoms with E-state index >= 15 is 0 Å². The fourth-order valence-electron chi connectivity index (χ4n) is 5.56. The summed E-state index contributed by atoms with van der Waals surface area (Å²) >= 11 is 0. The molecule has 0 radical (unpaired) electrons. The zero-order valence-corrected chi connectivity index (χ0v) is 16.4. The molecule has 0 spiro atoms. The Bertz CT molecular complexity index is 737. The van der Waals surface area contributed by atoms with Gasteiger partial charge in [-0.25, -0.2) is 0 Å². The van der Waals surface area contributed by atoms with Crippen molar-refractivity contribution in [2.45, 2.75) is 77.4 Å². The van der Waals surface area contributed by atoms with Crippen LogP contribution in [-0.2, 0) is 17.8 Å². The molecule has 4 rings (SSSR count). The van der Waals surface area contributed by atoms with Gasteiger partial charge in [-0.3, -0.25) is 14.5 Å². The monoisotopic (exact) mass is 374 g/mol. The van der Waals surface area contributed by atoms with Gasteiger partial charge in [0.2, 0.25) is 0 Å². The fourth-order valence-corrected chi connectivity index (χ4v) is 5.56. The molecule has 3 saturated heterocycles. The fraction of sp³-hybridized carbons (Fsp3) is 0.714. The number of rotatable bonds is 6. The van der Waals surface area contributed by atoms with Crippen LogP contribution in [0.15, 0.2) is 10.5 Å². The molecule has 1 N–H and O–H groups in total. The summed E-state index contributed by atoms with van der Waals surface area (Å²) in [6, 6.07) is 1.72. The molecule has 3 atom stereocenters. The van der Waals surface area contributed by atoms with Gasteiger partial charge in [-0.05, 0) is 57.7 Å². The first-order chi connectivity index (χ1) is 13.0. The minimum absolute atomic E-state index is 0.0239. The summed E-state index contributed by atoms with van der Waals surface area (Å²) in [4.78, 5) is 29.5. The maximum Gasteiger partial charge on any atom is 0.311 e. The minimum atomic E-state index is -0.795. The number of aliphatic carboxylic acids is 1. The van der Waals surface area contributed by atoms with Gasteiger partial charge < -0.3 is 14.4 Å². The number of carbonyl (C=O) groups is 2. The Morgan fingerprint density at radius 1 is 1.26 bits per heavy atom. The van der Waals surface area contributed by atoms with E-state index in [9.17, 15) is 14.7 Å². The predicted molar refractivity (Wildman–Crippen MR) is 101 cm³/mol. The molecule has 6 nitrogen and oxygen atoms in total. The molecule has 4 heterocycles. The van der Waals surface area contributed by atoms with Gasteiger partial charge in [-0.15, -0.1) is 0 Å². The Hall–Kier alpha value is -1.82. The molecule has 3 aliphatic rings. The molecule has 1 aromatic rings. The first-order valence-electron chi connectivity index (χ1n) is 10.4. The molecule has 0 unspecified atom stereocenters. The van der Waals surface area contributed by atoms with Crippen LogP contribution in [0.1, 0.15) is 74.3 Å². The second-order valence-corrected chi connectivity index (χ2v) is 8.37. The molecule has 148 valence electrons. The second-order valence-electron chi connectivity index (χ2n) is 8.37. The van der Waals surface area contributed by atoms with Crippen molar-refractivity contribution < 1.29 is 19.1 Å². The van der Waals surface area contributed by atoms with E-state index in [1.165, 1.54) is 12.8 Å². The van der Waals surface area contributed by atoms with E-state index in [-0.39, 0.29) is 18.0 Å². The van der Waals surface area contributed by atoms with Crippen LogP contribution in [-0.4, -0.2) is 52.0 Å². The number of nitrogens with zero attached hydrogens (tertiary/aromatic N) is 2. The van der Waals surface area contributed by atoms with Gasteiger partial charge in [-0.1, -0.05) is 13.8 Å². The van der Waals surface area contributed by atoms with Gasteiger partial charge >= 0.3 is 5.97 Å². The van der Waals surface area contributed by atoms with Crippen LogP contribution in [0.25, 0.3) is 0 Å². The first-order valence-corrected chi connectivity index (χ1v) is 10.4. The summed E-state index contributed by atoms with van der Waals surface area (Å²) in [5.41, 5.74) is 0.311. The topological polar surface area (TPSA) is 74.0 Å². The predicted octanol–water partition coefficient (Wildman–Crippen LogP) is 3.30. The van der Waals surface area contributed by atoms with Gasteiger partial charge in [0.1, 0.15) is 5.76 Å². The number of amides is 1. The van der Waals surface area contributed by atoms with Crippen LogP contribution >= 0.6 is 0 Å². The van der Waals surface area contributed by atoms with Crippen LogP contribution < -0.4 is 0 Å². The quantitative estimate of drug-likeness (QED) is 0.827. The average molecular weight is 374 g/mol. The summed E-state index contributed by atoms with van der Waals surface area (Å²) in [7, 11) is 0. The normalized spacial score (nSPS) is 30.4. The van der Waals surface area contributed by atoms with Gasteiger partial charge in [0.05, 0.1) is 5.41 Å². The van der Waals surface area contributed by atoms with E-state index in [0.717, 1.165) is 50.2 Å². The first kappa shape index (κ1) is 18.5. The van der Waals surface area contributed by atoms with Crippen LogP contribution in [0.3, 0.4) is 0 Å². The molecule has 27 heavy (non-hydrogen) atoms. The van der Waals surface area contributed by atoms with Crippen molar-refractivity contribution in [2.75, 3.05) is 13.1 Å². The molecule has 1 aromatic heterocycles. The molecular formula is C21H30N2O4. The number of carbonyl (C=O) groups excluding carboxylic acids is 1. The highest BCUT2D eigenvalue weighted by Crippen LogP contribution is 2.52. The number of carboxylic acids is 1. The van der Waals surface area contributed by atoms with E-state index in [0.29, 0.717) is 18.6 Å². The third-order valence-corrected chi connectivity index (χ3v) is 7.05. The van der Waals surface area contributed by atoms with Crippen molar-refractivity contribution >= 4 is 11.9 Å². The van der Waals surface area contributed by atoms with Gasteiger partial charge in [-0.2, -0.15) is 0 Å². The minimum Gasteiger partial charge on any atom is -0.481 e. The Kier molecular flexibility index (Phi) is 4.78. The molecule has 6 heteroatoms. The van der Waals surface area contributed by atoms with E-state index in [2.05, 4.69) is 4.90 Å². The highest BCUT2D eigenvalue weighted by molar-refractivity contribution is 5.94. The molecule has 3 fully saturated rings. The van der Waals surface area contributed by atoms with Crippen molar-refractivity contribution in [3.05, 3.63) is 23.2 Å². The van der Waals surface area contributed by atoms with Crippen LogP contribution in [0, 0.1) is 5.41 Å². The SMILES string of the molecule is CCc1oc(C(=O)N2[C@H]3CC[C@@H]2[C@](CC)(C(=O)O)C3)cc1CN1CCCC1. The van der Waals surface area contributed by atoms with Crippen molar-refractivity contribution in [1.82, 2.24) is 9.80 Å². The third-order valence-electron chi connectivity index (χ3n) is 7.05. The second kappa shape index (κ2) is 6.97. The lowest BCUT2D eigenvalue weighted by Gasteiger charge is -2.32. The summed E-state index contributed by atoms with van der Waals surface area (Å²) in [5, 5.41) is 9.83. The summed E-state index contributed by atoms with van der Waals surface area (Å²) in [6.45, 7) is 7.01. The molecule has 0 aromatic carbocycles. The van der Waals surface area contributed by atoms with E-state index in [1.54, 1.807) is 0 Å². The zero-order valence-electron chi connectivity index (χ0n) is 16.4. The van der Waals surface area contributed by atoms with Gasteiger partial charge in [0.15, 0.2) is 5.76 Å². The number of fused-ring (bicyclic) bond motifs is 2. The van der Waals surface area contributed by atoms with Crippen LogP contribution in [0.2, 0.25) is 0 Å². The van der Waals surface area contributed by atoms with E-state index in [4.69, 9.17) is 4.42 Å². The van der Waals surface area contributed by atoms with Crippen molar-refractivity contribution in [1.29, 1.82) is 0 Å². The third kappa shape index (κ3) is 2.89. The summed E-state index contributed by atoms with van der Waals surface area (Å²) < 4.78 is 5.97. The lowest BCUT2D eigenvalue weighted by molar-refractivity contribution is -0.151. The van der Waals surface area contributed by atoms with Gasteiger partial charge in [0, 0.05) is 30.6 Å². The summed E-state index contributed by atoms with van der Waals surface area (Å²) in [5.74, 6) is 0.381. The zero-order chi connectivity index (χ0) is 19.2. The smallest absolute Gasteiger partial charge is 0.311 e. The van der Waals surface area contributed by atoms with Gasteiger partial charge in [0.25, 0.3) is 5.91 Å². The number of furan rings is 1. The Morgan fingerprint density at radius 3 is 2.59 bits per heavy atom. The Balaban J connectivity index is 1.58. The van der Waals surface area contributed by atoms with Crippen LogP contribution in [0.4, 0.5) is 0 Å². The molecule has 2 bridgehead atoms. The Morgan fingerprint density at radius 2 is 2.00 bits per heavy atom. The lowest BCUT2D eigenvalue weighted by atomic mass is 9.72. The maximum atomic E-state index is 13.3. The maximum absolute atomic E-state index is 13.3. The number of carboxylic acid groups (broad SMARTS) is 1. The average Bonchev–Trinajstić information content (AvgIpc) is 3.44.